The van der Waals surface area contributed by atoms with Gasteiger partial charge < -0.3 is 0 Å². The largest absolute Gasteiger partial charge is 0.273 e. The summed E-state index contributed by atoms with van der Waals surface area (Å²) in [5.74, 6) is -0.252. The van der Waals surface area contributed by atoms with E-state index in [1.807, 2.05) is 6.08 Å². The molecule has 4 nitrogen and oxygen atoms in total. The maximum absolute atomic E-state index is 11.7. The molecule has 19 heavy (non-hydrogen) atoms. The van der Waals surface area contributed by atoms with E-state index in [0.29, 0.717) is 17.0 Å². The van der Waals surface area contributed by atoms with E-state index in [1.54, 1.807) is 24.3 Å². The number of carbonyl (C=O) groups excluding carboxylic acids is 2. The molecule has 0 aliphatic heterocycles. The lowest BCUT2D eigenvalue weighted by molar-refractivity contribution is -0.122. The second-order valence-corrected chi connectivity index (χ2v) is 4.92. The zero-order valence-corrected chi connectivity index (χ0v) is 11.1. The van der Waals surface area contributed by atoms with Gasteiger partial charge in [-0.1, -0.05) is 23.8 Å². The van der Waals surface area contributed by atoms with E-state index in [1.165, 1.54) is 0 Å². The van der Waals surface area contributed by atoms with Gasteiger partial charge in [-0.15, -0.1) is 0 Å². The normalized spacial score (nSPS) is 17.2. The SMILES string of the molecule is O=C(C[C@@H]1C=CCC1)NNC(=O)c1ccc(Cl)cc1. The van der Waals surface area contributed by atoms with Gasteiger partial charge in [0.2, 0.25) is 5.91 Å². The Labute approximate surface area is 116 Å². The van der Waals surface area contributed by atoms with E-state index in [9.17, 15) is 9.59 Å². The van der Waals surface area contributed by atoms with Crippen molar-refractivity contribution in [1.29, 1.82) is 0 Å². The van der Waals surface area contributed by atoms with Crippen molar-refractivity contribution >= 4 is 23.4 Å². The minimum absolute atomic E-state index is 0.182. The van der Waals surface area contributed by atoms with Crippen LogP contribution < -0.4 is 10.9 Å². The molecule has 0 aromatic heterocycles. The molecule has 100 valence electrons. The van der Waals surface area contributed by atoms with Crippen LogP contribution in [0.5, 0.6) is 0 Å². The van der Waals surface area contributed by atoms with Crippen LogP contribution >= 0.6 is 11.6 Å². The third kappa shape index (κ3) is 4.10. The van der Waals surface area contributed by atoms with Gasteiger partial charge in [0.1, 0.15) is 0 Å². The highest BCUT2D eigenvalue weighted by atomic mass is 35.5. The van der Waals surface area contributed by atoms with Crippen molar-refractivity contribution in [3.05, 3.63) is 47.0 Å². The second-order valence-electron chi connectivity index (χ2n) is 4.48. The van der Waals surface area contributed by atoms with Crippen LogP contribution in [0, 0.1) is 5.92 Å². The van der Waals surface area contributed by atoms with Crippen LogP contribution in [-0.4, -0.2) is 11.8 Å². The first-order valence-corrected chi connectivity index (χ1v) is 6.54. The summed E-state index contributed by atoms with van der Waals surface area (Å²) in [6, 6.07) is 6.45. The zero-order chi connectivity index (χ0) is 13.7. The van der Waals surface area contributed by atoms with Crippen LogP contribution in [0.15, 0.2) is 36.4 Å². The second kappa shape index (κ2) is 6.38. The summed E-state index contributed by atoms with van der Waals surface area (Å²) in [7, 11) is 0. The Hall–Kier alpha value is -1.81. The zero-order valence-electron chi connectivity index (χ0n) is 10.4. The monoisotopic (exact) mass is 278 g/mol. The summed E-state index contributed by atoms with van der Waals surface area (Å²) in [5, 5.41) is 0.564. The van der Waals surface area contributed by atoms with Crippen molar-refractivity contribution in [1.82, 2.24) is 10.9 Å². The maximum Gasteiger partial charge on any atom is 0.269 e. The molecule has 1 aliphatic carbocycles. The molecule has 0 spiro atoms. The summed E-state index contributed by atoms with van der Waals surface area (Å²) in [4.78, 5) is 23.3. The van der Waals surface area contributed by atoms with E-state index in [-0.39, 0.29) is 17.7 Å². The number of carbonyl (C=O) groups is 2. The third-order valence-electron chi connectivity index (χ3n) is 2.98. The van der Waals surface area contributed by atoms with Crippen molar-refractivity contribution in [2.45, 2.75) is 19.3 Å². The van der Waals surface area contributed by atoms with Gasteiger partial charge in [-0.3, -0.25) is 20.4 Å². The molecule has 0 unspecified atom stereocenters. The predicted molar refractivity (Wildman–Crippen MR) is 73.5 cm³/mol. The molecule has 0 saturated heterocycles. The predicted octanol–water partition coefficient (Wildman–Crippen LogP) is 2.46. The molecular weight excluding hydrogens is 264 g/mol. The van der Waals surface area contributed by atoms with Gasteiger partial charge in [0.05, 0.1) is 0 Å². The lowest BCUT2D eigenvalue weighted by Gasteiger charge is -2.10. The average Bonchev–Trinajstić information content (AvgIpc) is 2.89. The number of nitrogens with one attached hydrogen (secondary N) is 2. The van der Waals surface area contributed by atoms with Crippen LogP contribution in [0.3, 0.4) is 0 Å². The molecule has 0 fully saturated rings. The van der Waals surface area contributed by atoms with E-state index in [4.69, 9.17) is 11.6 Å². The van der Waals surface area contributed by atoms with Gasteiger partial charge in [0, 0.05) is 17.0 Å². The molecule has 2 rings (SSSR count). The summed E-state index contributed by atoms with van der Waals surface area (Å²) >= 11 is 5.73. The van der Waals surface area contributed by atoms with Gasteiger partial charge in [-0.05, 0) is 43.0 Å². The molecule has 1 aliphatic rings. The lowest BCUT2D eigenvalue weighted by Crippen LogP contribution is -2.42. The smallest absolute Gasteiger partial charge is 0.269 e. The summed E-state index contributed by atoms with van der Waals surface area (Å²) < 4.78 is 0. The van der Waals surface area contributed by atoms with Crippen molar-refractivity contribution in [2.24, 2.45) is 5.92 Å². The van der Waals surface area contributed by atoms with Crippen LogP contribution in [0.1, 0.15) is 29.6 Å². The van der Waals surface area contributed by atoms with Crippen molar-refractivity contribution < 1.29 is 9.59 Å². The fourth-order valence-corrected chi connectivity index (χ4v) is 2.08. The first-order chi connectivity index (χ1) is 9.15. The fraction of sp³-hybridized carbons (Fsp3) is 0.286. The number of amides is 2. The van der Waals surface area contributed by atoms with Crippen molar-refractivity contribution in [3.8, 4) is 0 Å². The molecule has 0 saturated carbocycles. The molecule has 2 N–H and O–H groups in total. The molecular formula is C14H15ClN2O2. The molecule has 1 aromatic rings. The standard InChI is InChI=1S/C14H15ClN2O2/c15-12-7-5-11(6-8-12)14(19)17-16-13(18)9-10-3-1-2-4-10/h1,3,5-8,10H,2,4,9H2,(H,16,18)(H,17,19)/t10-/m1/s1. The van der Waals surface area contributed by atoms with E-state index in [2.05, 4.69) is 16.9 Å². The number of hydrogen-bond donors (Lipinski definition) is 2. The van der Waals surface area contributed by atoms with E-state index < -0.39 is 0 Å². The quantitative estimate of drug-likeness (QED) is 0.659. The first kappa shape index (κ1) is 13.6. The van der Waals surface area contributed by atoms with E-state index >= 15 is 0 Å². The number of hydrazine groups is 1. The molecule has 1 aromatic carbocycles. The van der Waals surface area contributed by atoms with Crippen LogP contribution in [0.2, 0.25) is 5.02 Å². The number of benzene rings is 1. The molecule has 1 atom stereocenters. The summed E-state index contributed by atoms with van der Waals surface area (Å²) in [6.07, 6.45) is 6.54. The van der Waals surface area contributed by atoms with Gasteiger partial charge in [-0.25, -0.2) is 0 Å². The number of hydrogen-bond acceptors (Lipinski definition) is 2. The first-order valence-electron chi connectivity index (χ1n) is 6.16. The highest BCUT2D eigenvalue weighted by Crippen LogP contribution is 2.19. The Balaban J connectivity index is 1.78. The van der Waals surface area contributed by atoms with Crippen LogP contribution in [0.4, 0.5) is 0 Å². The highest BCUT2D eigenvalue weighted by molar-refractivity contribution is 6.30. The highest BCUT2D eigenvalue weighted by Gasteiger charge is 2.14. The minimum atomic E-state index is -0.355. The molecule has 5 heteroatoms. The molecule has 0 radical (unpaired) electrons. The minimum Gasteiger partial charge on any atom is -0.273 e. The molecule has 0 bridgehead atoms. The number of rotatable bonds is 3. The lowest BCUT2D eigenvalue weighted by atomic mass is 10.1. The molecule has 0 heterocycles. The van der Waals surface area contributed by atoms with E-state index in [0.717, 1.165) is 12.8 Å². The average molecular weight is 279 g/mol. The number of halogens is 1. The fourth-order valence-electron chi connectivity index (χ4n) is 1.95. The topological polar surface area (TPSA) is 58.2 Å². The molecule has 2 amide bonds. The van der Waals surface area contributed by atoms with Gasteiger partial charge in [-0.2, -0.15) is 0 Å². The Morgan fingerprint density at radius 3 is 2.58 bits per heavy atom. The summed E-state index contributed by atoms with van der Waals surface area (Å²) in [6.45, 7) is 0. The Bertz CT molecular complexity index is 497. The Morgan fingerprint density at radius 2 is 1.95 bits per heavy atom. The Morgan fingerprint density at radius 1 is 1.21 bits per heavy atom. The van der Waals surface area contributed by atoms with Crippen LogP contribution in [-0.2, 0) is 4.79 Å². The third-order valence-corrected chi connectivity index (χ3v) is 3.23. The number of allylic oxidation sites excluding steroid dienone is 2. The van der Waals surface area contributed by atoms with Crippen molar-refractivity contribution in [3.63, 3.8) is 0 Å². The summed E-state index contributed by atoms with van der Waals surface area (Å²) in [5.41, 5.74) is 5.25. The Kier molecular flexibility index (Phi) is 4.58. The van der Waals surface area contributed by atoms with Crippen LogP contribution in [0.25, 0.3) is 0 Å². The van der Waals surface area contributed by atoms with Gasteiger partial charge in [0.25, 0.3) is 5.91 Å². The maximum atomic E-state index is 11.7. The van der Waals surface area contributed by atoms with Gasteiger partial charge in [0.15, 0.2) is 0 Å². The van der Waals surface area contributed by atoms with Crippen molar-refractivity contribution in [2.75, 3.05) is 0 Å². The van der Waals surface area contributed by atoms with Gasteiger partial charge >= 0.3 is 0 Å².